The van der Waals surface area contributed by atoms with Crippen LogP contribution in [0.4, 0.5) is 0 Å². The summed E-state index contributed by atoms with van der Waals surface area (Å²) in [4.78, 5) is 5.78. The van der Waals surface area contributed by atoms with Crippen LogP contribution in [0.5, 0.6) is 0 Å². The lowest BCUT2D eigenvalue weighted by atomic mass is 10.4. The van der Waals surface area contributed by atoms with Crippen LogP contribution in [-0.4, -0.2) is 18.1 Å². The number of aryl methyl sites for hydroxylation is 1. The van der Waals surface area contributed by atoms with E-state index in [1.165, 1.54) is 4.88 Å². The maximum atomic E-state index is 5.32. The molecule has 1 N–H and O–H groups in total. The third-order valence-corrected chi connectivity index (χ3v) is 3.03. The lowest BCUT2D eigenvalue weighted by Crippen LogP contribution is -2.11. The van der Waals surface area contributed by atoms with Crippen molar-refractivity contribution in [2.75, 3.05) is 13.2 Å². The average Bonchev–Trinajstić information content (AvgIpc) is 2.53. The number of aromatic nitrogens is 1. The van der Waals surface area contributed by atoms with Gasteiger partial charge in [-0.05, 0) is 20.4 Å². The van der Waals surface area contributed by atoms with E-state index in [0.717, 1.165) is 30.4 Å². The van der Waals surface area contributed by atoms with Gasteiger partial charge in [-0.2, -0.15) is 0 Å². The Balaban J connectivity index is 2.53. The van der Waals surface area contributed by atoms with E-state index in [0.29, 0.717) is 6.61 Å². The topological polar surface area (TPSA) is 34.1 Å². The molecule has 0 unspecified atom stereocenters. The third kappa shape index (κ3) is 3.36. The molecule has 0 aliphatic heterocycles. The van der Waals surface area contributed by atoms with Crippen LogP contribution in [0.2, 0.25) is 0 Å². The molecule has 0 aromatic carbocycles. The van der Waals surface area contributed by atoms with Gasteiger partial charge in [-0.1, -0.05) is 6.92 Å². The van der Waals surface area contributed by atoms with Gasteiger partial charge >= 0.3 is 0 Å². The Hall–Kier alpha value is -0.450. The van der Waals surface area contributed by atoms with Crippen LogP contribution < -0.4 is 5.32 Å². The number of rotatable bonds is 6. The summed E-state index contributed by atoms with van der Waals surface area (Å²) in [6, 6.07) is 0. The Bertz CT molecular complexity index is 273. The van der Waals surface area contributed by atoms with Crippen LogP contribution in [0.25, 0.3) is 0 Å². The summed E-state index contributed by atoms with van der Waals surface area (Å²) in [6.45, 7) is 9.48. The number of thiazole rings is 1. The van der Waals surface area contributed by atoms with Gasteiger partial charge in [0.25, 0.3) is 0 Å². The summed E-state index contributed by atoms with van der Waals surface area (Å²) in [6.07, 6.45) is 0. The summed E-state index contributed by atoms with van der Waals surface area (Å²) in [5.41, 5.74) is 1.13. The maximum absolute atomic E-state index is 5.32. The quantitative estimate of drug-likeness (QED) is 0.787. The van der Waals surface area contributed by atoms with Gasteiger partial charge in [0.1, 0.15) is 5.01 Å². The molecule has 3 nitrogen and oxygen atoms in total. The van der Waals surface area contributed by atoms with Gasteiger partial charge in [-0.15, -0.1) is 11.3 Å². The Kier molecular flexibility index (Phi) is 5.07. The molecule has 0 atom stereocenters. The van der Waals surface area contributed by atoms with Crippen molar-refractivity contribution in [2.24, 2.45) is 0 Å². The zero-order valence-corrected chi connectivity index (χ0v) is 9.91. The molecule has 14 heavy (non-hydrogen) atoms. The molecule has 1 aromatic rings. The van der Waals surface area contributed by atoms with Crippen molar-refractivity contribution in [3.63, 3.8) is 0 Å². The first-order chi connectivity index (χ1) is 6.77. The van der Waals surface area contributed by atoms with E-state index in [1.807, 2.05) is 6.92 Å². The second-order valence-electron chi connectivity index (χ2n) is 3.03. The van der Waals surface area contributed by atoms with Crippen molar-refractivity contribution >= 4 is 11.3 Å². The fourth-order valence-electron chi connectivity index (χ4n) is 1.14. The predicted molar refractivity (Wildman–Crippen MR) is 59.6 cm³/mol. The molecule has 1 aromatic heterocycles. The highest BCUT2D eigenvalue weighted by Crippen LogP contribution is 2.18. The largest absolute Gasteiger partial charge is 0.375 e. The lowest BCUT2D eigenvalue weighted by Gasteiger charge is -1.97. The predicted octanol–water partition coefficient (Wildman–Crippen LogP) is 2.10. The molecule has 0 spiro atoms. The summed E-state index contributed by atoms with van der Waals surface area (Å²) >= 11 is 1.74. The third-order valence-electron chi connectivity index (χ3n) is 1.90. The van der Waals surface area contributed by atoms with E-state index in [9.17, 15) is 0 Å². The molecule has 0 radical (unpaired) electrons. The number of nitrogens with one attached hydrogen (secondary N) is 1. The van der Waals surface area contributed by atoms with E-state index in [2.05, 4.69) is 24.1 Å². The molecule has 0 bridgehead atoms. The Morgan fingerprint density at radius 2 is 2.21 bits per heavy atom. The molecule has 0 saturated carbocycles. The normalized spacial score (nSPS) is 10.8. The van der Waals surface area contributed by atoms with Crippen LogP contribution in [0.1, 0.15) is 29.4 Å². The van der Waals surface area contributed by atoms with Crippen LogP contribution in [0, 0.1) is 6.92 Å². The highest BCUT2D eigenvalue weighted by Gasteiger charge is 2.06. The fraction of sp³-hybridized carbons (Fsp3) is 0.700. The monoisotopic (exact) mass is 214 g/mol. The highest BCUT2D eigenvalue weighted by atomic mass is 32.1. The van der Waals surface area contributed by atoms with E-state index >= 15 is 0 Å². The first kappa shape index (κ1) is 11.6. The Morgan fingerprint density at radius 1 is 1.43 bits per heavy atom. The molecule has 80 valence electrons. The van der Waals surface area contributed by atoms with Crippen molar-refractivity contribution in [2.45, 2.75) is 33.9 Å². The highest BCUT2D eigenvalue weighted by molar-refractivity contribution is 7.11. The fourth-order valence-corrected chi connectivity index (χ4v) is 2.12. The van der Waals surface area contributed by atoms with Gasteiger partial charge in [0.2, 0.25) is 0 Å². The average molecular weight is 214 g/mol. The number of hydrogen-bond acceptors (Lipinski definition) is 4. The first-order valence-corrected chi connectivity index (χ1v) is 5.83. The molecule has 0 aliphatic rings. The molecule has 4 heteroatoms. The molecular formula is C10H18N2OS. The summed E-state index contributed by atoms with van der Waals surface area (Å²) in [7, 11) is 0. The smallest absolute Gasteiger partial charge is 0.119 e. The minimum absolute atomic E-state index is 0.647. The van der Waals surface area contributed by atoms with E-state index in [-0.39, 0.29) is 0 Å². The van der Waals surface area contributed by atoms with Gasteiger partial charge in [-0.25, -0.2) is 4.98 Å². The molecule has 0 fully saturated rings. The van der Waals surface area contributed by atoms with Gasteiger partial charge in [0.15, 0.2) is 0 Å². The summed E-state index contributed by atoms with van der Waals surface area (Å²) in [5.74, 6) is 0. The van der Waals surface area contributed by atoms with Crippen molar-refractivity contribution in [1.29, 1.82) is 0 Å². The van der Waals surface area contributed by atoms with Gasteiger partial charge < -0.3 is 10.1 Å². The van der Waals surface area contributed by atoms with E-state index in [1.54, 1.807) is 11.3 Å². The molecule has 1 rings (SSSR count). The lowest BCUT2D eigenvalue weighted by molar-refractivity contribution is 0.134. The number of nitrogens with zero attached hydrogens (tertiary/aromatic N) is 1. The summed E-state index contributed by atoms with van der Waals surface area (Å²) in [5, 5.41) is 4.39. The van der Waals surface area contributed by atoms with Crippen LogP contribution in [-0.2, 0) is 17.9 Å². The van der Waals surface area contributed by atoms with E-state index < -0.39 is 0 Å². The zero-order chi connectivity index (χ0) is 10.4. The van der Waals surface area contributed by atoms with Crippen molar-refractivity contribution in [3.05, 3.63) is 15.6 Å². The standard InChI is InChI=1S/C10H18N2OS/c1-4-11-6-9-8(3)12-10(14-9)7-13-5-2/h11H,4-7H2,1-3H3. The van der Waals surface area contributed by atoms with Crippen LogP contribution in [0.15, 0.2) is 0 Å². The van der Waals surface area contributed by atoms with Crippen LogP contribution >= 0.6 is 11.3 Å². The second kappa shape index (κ2) is 6.11. The molecule has 0 amide bonds. The van der Waals surface area contributed by atoms with Gasteiger partial charge in [0.05, 0.1) is 12.3 Å². The zero-order valence-electron chi connectivity index (χ0n) is 9.09. The number of ether oxygens (including phenoxy) is 1. The van der Waals surface area contributed by atoms with Gasteiger partial charge in [0, 0.05) is 18.0 Å². The first-order valence-electron chi connectivity index (χ1n) is 5.01. The Labute approximate surface area is 89.5 Å². The SMILES string of the molecule is CCNCc1sc(COCC)nc1C. The Morgan fingerprint density at radius 3 is 2.86 bits per heavy atom. The maximum Gasteiger partial charge on any atom is 0.119 e. The van der Waals surface area contributed by atoms with Gasteiger partial charge in [-0.3, -0.25) is 0 Å². The molecular weight excluding hydrogens is 196 g/mol. The van der Waals surface area contributed by atoms with Crippen molar-refractivity contribution in [3.8, 4) is 0 Å². The minimum Gasteiger partial charge on any atom is -0.375 e. The molecule has 0 aliphatic carbocycles. The molecule has 1 heterocycles. The van der Waals surface area contributed by atoms with Crippen molar-refractivity contribution < 1.29 is 4.74 Å². The second-order valence-corrected chi connectivity index (χ2v) is 4.20. The van der Waals surface area contributed by atoms with Crippen LogP contribution in [0.3, 0.4) is 0 Å². The summed E-state index contributed by atoms with van der Waals surface area (Å²) < 4.78 is 5.32. The van der Waals surface area contributed by atoms with E-state index in [4.69, 9.17) is 4.74 Å². The molecule has 0 saturated heterocycles. The van der Waals surface area contributed by atoms with Crippen molar-refractivity contribution in [1.82, 2.24) is 10.3 Å². The number of hydrogen-bond donors (Lipinski definition) is 1. The minimum atomic E-state index is 0.647.